The van der Waals surface area contributed by atoms with Gasteiger partial charge in [0.15, 0.2) is 0 Å². The summed E-state index contributed by atoms with van der Waals surface area (Å²) in [5, 5.41) is 0. The van der Waals surface area contributed by atoms with Crippen molar-refractivity contribution in [2.24, 2.45) is 0 Å². The second-order valence-corrected chi connectivity index (χ2v) is 28.9. The van der Waals surface area contributed by atoms with Gasteiger partial charge in [-0.2, -0.15) is 0 Å². The van der Waals surface area contributed by atoms with Crippen LogP contribution in [0.4, 0.5) is 0 Å². The Kier molecular flexibility index (Phi) is 11.6. The van der Waals surface area contributed by atoms with Crippen molar-refractivity contribution in [2.75, 3.05) is 0 Å². The molecule has 0 spiro atoms. The third-order valence-electron chi connectivity index (χ3n) is 5.92. The maximum atomic E-state index is 2.65. The molecule has 0 nitrogen and oxygen atoms in total. The summed E-state index contributed by atoms with van der Waals surface area (Å²) in [6.07, 6.45) is 18.8. The van der Waals surface area contributed by atoms with Crippen LogP contribution in [0.5, 0.6) is 0 Å². The maximum Gasteiger partial charge on any atom is -1.00 e. The molecule has 0 aromatic carbocycles. The van der Waals surface area contributed by atoms with Gasteiger partial charge in [-0.05, 0) is 0 Å². The van der Waals surface area contributed by atoms with Gasteiger partial charge in [-0.1, -0.05) is 0 Å². The summed E-state index contributed by atoms with van der Waals surface area (Å²) in [5.41, 5.74) is 6.25. The molecule has 0 fully saturated rings. The number of allylic oxidation sites excluding steroid dienone is 10. The monoisotopic (exact) mass is 487 g/mol. The van der Waals surface area contributed by atoms with E-state index in [1.165, 1.54) is 30.4 Å². The molecule has 2 aliphatic carbocycles. The molecule has 0 bridgehead atoms. The summed E-state index contributed by atoms with van der Waals surface area (Å²) in [6.45, 7) is 17.1. The molecule has 0 N–H and O–H groups in total. The van der Waals surface area contributed by atoms with Crippen LogP contribution in [-0.4, -0.2) is 5.92 Å². The Hall–Kier alpha value is 0.380. The van der Waals surface area contributed by atoms with Crippen molar-refractivity contribution in [1.82, 2.24) is 0 Å². The molecular formula is C22H35Cl2SiZr. The van der Waals surface area contributed by atoms with E-state index in [4.69, 9.17) is 0 Å². The second kappa shape index (κ2) is 11.4. The van der Waals surface area contributed by atoms with Crippen LogP contribution in [0.15, 0.2) is 58.7 Å². The van der Waals surface area contributed by atoms with Crippen LogP contribution in [0.1, 0.15) is 53.9 Å². The van der Waals surface area contributed by atoms with E-state index in [2.05, 4.69) is 84.2 Å². The van der Waals surface area contributed by atoms with E-state index in [1.54, 1.807) is 11.1 Å². The summed E-state index contributed by atoms with van der Waals surface area (Å²) in [7, 11) is 0. The molecule has 145 valence electrons. The van der Waals surface area contributed by atoms with E-state index in [0.29, 0.717) is 3.12 Å². The van der Waals surface area contributed by atoms with Crippen molar-refractivity contribution in [3.63, 3.8) is 0 Å². The Morgan fingerprint density at radius 3 is 2.35 bits per heavy atom. The fraction of sp³-hybridized carbons (Fsp3) is 0.545. The van der Waals surface area contributed by atoms with Crippen LogP contribution in [0.25, 0.3) is 0 Å². The van der Waals surface area contributed by atoms with Gasteiger partial charge in [0.25, 0.3) is 0 Å². The summed E-state index contributed by atoms with van der Waals surface area (Å²) in [4.78, 5) is 0. The van der Waals surface area contributed by atoms with Crippen molar-refractivity contribution in [1.29, 1.82) is 0 Å². The predicted octanol–water partition coefficient (Wildman–Crippen LogP) is 1.10. The fourth-order valence-corrected chi connectivity index (χ4v) is 29.7. The van der Waals surface area contributed by atoms with Crippen molar-refractivity contribution in [3.05, 3.63) is 58.7 Å². The Balaban J connectivity index is 0.00000312. The third kappa shape index (κ3) is 5.69. The largest absolute Gasteiger partial charge is 1.00 e. The zero-order chi connectivity index (χ0) is 17.9. The van der Waals surface area contributed by atoms with Crippen LogP contribution in [-0.2, 0) is 20.9 Å². The van der Waals surface area contributed by atoms with Crippen LogP contribution in [0.2, 0.25) is 19.8 Å². The molecule has 2 unspecified atom stereocenters. The first-order valence-electron chi connectivity index (χ1n) is 9.62. The van der Waals surface area contributed by atoms with Crippen LogP contribution < -0.4 is 24.8 Å². The van der Waals surface area contributed by atoms with E-state index in [-0.39, 0.29) is 24.8 Å². The Morgan fingerprint density at radius 1 is 1.19 bits per heavy atom. The molecule has 2 atom stereocenters. The standard InChI is InChI=1S/C11H15.C9H13.C2H7Si.2ClH.Zr/c1-2-3-4-5-8-11-9-6-7-10-11;1-6-5-7(2)9(4)8(6)3;1-3-2;;;/h5-10H,2-4H2,1H3;5H,1-4H3;3H,1-2H3;2*1H;/q;;;;;+2/p-2. The normalized spacial score (nSPS) is 24.7. The first-order chi connectivity index (χ1) is 11.3. The fourth-order valence-electron chi connectivity index (χ4n) is 4.34. The van der Waals surface area contributed by atoms with Gasteiger partial charge >= 0.3 is 159 Å². The number of hydrogen-bond donors (Lipinski definition) is 0. The van der Waals surface area contributed by atoms with Gasteiger partial charge in [0.1, 0.15) is 0 Å². The number of halogens is 2. The molecule has 0 radical (unpaired) electrons. The van der Waals surface area contributed by atoms with Crippen LogP contribution >= 0.6 is 0 Å². The Labute approximate surface area is 183 Å². The van der Waals surface area contributed by atoms with Crippen molar-refractivity contribution in [3.8, 4) is 0 Å². The molecule has 2 rings (SSSR count). The summed E-state index contributed by atoms with van der Waals surface area (Å²) in [5.74, 6) is -0.620. The molecule has 0 saturated heterocycles. The first-order valence-corrected chi connectivity index (χ1v) is 19.4. The van der Waals surface area contributed by atoms with Gasteiger partial charge in [0.05, 0.1) is 0 Å². The van der Waals surface area contributed by atoms with E-state index in [0.717, 1.165) is 3.63 Å². The molecule has 0 amide bonds. The Morgan fingerprint density at radius 2 is 1.85 bits per heavy atom. The molecule has 0 aromatic heterocycles. The quantitative estimate of drug-likeness (QED) is 0.371. The van der Waals surface area contributed by atoms with Gasteiger partial charge in [-0.3, -0.25) is 0 Å². The average Bonchev–Trinajstić information content (AvgIpc) is 3.04. The van der Waals surface area contributed by atoms with Gasteiger partial charge in [-0.15, -0.1) is 0 Å². The van der Waals surface area contributed by atoms with Gasteiger partial charge < -0.3 is 24.8 Å². The minimum atomic E-state index is -1.64. The maximum absolute atomic E-state index is 2.65. The molecule has 0 aliphatic heterocycles. The zero-order valence-corrected chi connectivity index (χ0v) is 22.6. The Bertz CT molecular complexity index is 628. The minimum absolute atomic E-state index is 0. The van der Waals surface area contributed by atoms with E-state index < -0.39 is 26.8 Å². The number of rotatable bonds is 7. The SMILES string of the molecule is CCCCC=CC1=C[CH]([Zr+2]([SiH](C)C)[C]2(C)C=C(C)C(C)=C2C)C=C1.[Cl-].[Cl-]. The van der Waals surface area contributed by atoms with Gasteiger partial charge in [-0.25, -0.2) is 0 Å². The molecular weight excluding hydrogens is 454 g/mol. The predicted molar refractivity (Wildman–Crippen MR) is 109 cm³/mol. The van der Waals surface area contributed by atoms with Gasteiger partial charge in [0.2, 0.25) is 0 Å². The molecule has 4 heteroatoms. The molecule has 0 aromatic rings. The molecule has 0 saturated carbocycles. The van der Waals surface area contributed by atoms with Crippen molar-refractivity contribution in [2.45, 2.75) is 73.7 Å². The van der Waals surface area contributed by atoms with Crippen molar-refractivity contribution < 1.29 is 45.7 Å². The number of unbranched alkanes of at least 4 members (excludes halogenated alkanes) is 2. The summed E-state index contributed by atoms with van der Waals surface area (Å²) >= 11 is -1.64. The van der Waals surface area contributed by atoms with E-state index >= 15 is 0 Å². The minimum Gasteiger partial charge on any atom is -1.00 e. The summed E-state index contributed by atoms with van der Waals surface area (Å²) < 4.78 is 1.23. The van der Waals surface area contributed by atoms with E-state index in [1.807, 2.05) is 0 Å². The van der Waals surface area contributed by atoms with Crippen molar-refractivity contribution >= 4 is 5.92 Å². The topological polar surface area (TPSA) is 0 Å². The summed E-state index contributed by atoms with van der Waals surface area (Å²) in [6, 6.07) is 0. The molecule has 0 heterocycles. The second-order valence-electron chi connectivity index (χ2n) is 7.99. The zero-order valence-electron chi connectivity index (χ0n) is 17.5. The first kappa shape index (κ1) is 26.4. The molecule has 26 heavy (non-hydrogen) atoms. The van der Waals surface area contributed by atoms with Crippen LogP contribution in [0.3, 0.4) is 0 Å². The van der Waals surface area contributed by atoms with E-state index in [9.17, 15) is 0 Å². The smallest absolute Gasteiger partial charge is 1.00 e. The molecule has 2 aliphatic rings. The third-order valence-corrected chi connectivity index (χ3v) is 29.0. The van der Waals surface area contributed by atoms with Gasteiger partial charge in [0, 0.05) is 0 Å². The average molecular weight is 490 g/mol. The van der Waals surface area contributed by atoms with Crippen LogP contribution in [0, 0.1) is 0 Å². The number of hydrogen-bond acceptors (Lipinski definition) is 0.